The Bertz CT molecular complexity index is 1760. The molecular weight excluding hydrogens is 548 g/mol. The number of thioether (sulfide) groups is 1. The summed E-state index contributed by atoms with van der Waals surface area (Å²) >= 11 is 1.08. The second-order valence-electron chi connectivity index (χ2n) is 9.16. The van der Waals surface area contributed by atoms with Crippen LogP contribution in [0.25, 0.3) is 16.9 Å². The molecule has 6 rings (SSSR count). The number of hydrogen-bond donors (Lipinski definition) is 0. The second-order valence-corrected chi connectivity index (χ2v) is 11.7. The van der Waals surface area contributed by atoms with E-state index < -0.39 is 16.0 Å². The molecule has 0 spiro atoms. The van der Waals surface area contributed by atoms with Gasteiger partial charge in [0.2, 0.25) is 5.91 Å². The van der Waals surface area contributed by atoms with Gasteiger partial charge >= 0.3 is 5.97 Å². The molecule has 1 aliphatic heterocycles. The summed E-state index contributed by atoms with van der Waals surface area (Å²) in [6, 6.07) is 22.8. The first-order chi connectivity index (χ1) is 19.4. The van der Waals surface area contributed by atoms with Crippen LogP contribution in [-0.4, -0.2) is 47.6 Å². The number of ether oxygens (including phenoxy) is 1. The highest BCUT2D eigenvalue weighted by Gasteiger charge is 2.32. The first kappa shape index (κ1) is 26.0. The Morgan fingerprint density at radius 1 is 0.975 bits per heavy atom. The maximum Gasteiger partial charge on any atom is 0.357 e. The van der Waals surface area contributed by atoms with Crippen molar-refractivity contribution in [2.75, 3.05) is 17.3 Å². The van der Waals surface area contributed by atoms with E-state index in [0.717, 1.165) is 40.6 Å². The lowest BCUT2D eigenvalue weighted by Gasteiger charge is -2.15. The number of aryl methyl sites for hydroxylation is 1. The molecular formula is C29H24N4O5S2. The van der Waals surface area contributed by atoms with Gasteiger partial charge in [-0.3, -0.25) is 9.69 Å². The lowest BCUT2D eigenvalue weighted by Crippen LogP contribution is -2.29. The number of para-hydroxylation sites is 1. The number of hydrogen-bond acceptors (Lipinski definition) is 7. The van der Waals surface area contributed by atoms with E-state index in [1.807, 2.05) is 24.3 Å². The van der Waals surface area contributed by atoms with Gasteiger partial charge < -0.3 is 4.74 Å². The molecule has 0 saturated carbocycles. The van der Waals surface area contributed by atoms with Crippen LogP contribution in [0.1, 0.15) is 28.5 Å². The van der Waals surface area contributed by atoms with Crippen LogP contribution in [-0.2, 0) is 32.4 Å². The Morgan fingerprint density at radius 3 is 2.45 bits per heavy atom. The van der Waals surface area contributed by atoms with Crippen LogP contribution in [0.5, 0.6) is 0 Å². The molecule has 1 amide bonds. The number of anilines is 1. The number of carbonyl (C=O) groups excluding carboxylic acids is 2. The molecule has 1 aromatic heterocycles. The van der Waals surface area contributed by atoms with Crippen molar-refractivity contribution in [3.63, 3.8) is 0 Å². The second kappa shape index (κ2) is 10.4. The van der Waals surface area contributed by atoms with Gasteiger partial charge in [-0.05, 0) is 61.7 Å². The van der Waals surface area contributed by atoms with Gasteiger partial charge in [0.25, 0.3) is 10.0 Å². The van der Waals surface area contributed by atoms with E-state index in [2.05, 4.69) is 10.5 Å². The molecule has 1 fully saturated rings. The fourth-order valence-corrected chi connectivity index (χ4v) is 7.00. The molecule has 9 nitrogen and oxygen atoms in total. The Morgan fingerprint density at radius 2 is 1.70 bits per heavy atom. The van der Waals surface area contributed by atoms with Gasteiger partial charge in [0.1, 0.15) is 0 Å². The van der Waals surface area contributed by atoms with Gasteiger partial charge in [-0.1, -0.05) is 54.2 Å². The van der Waals surface area contributed by atoms with E-state index in [0.29, 0.717) is 23.5 Å². The Balaban J connectivity index is 1.37. The number of rotatable bonds is 6. The van der Waals surface area contributed by atoms with Crippen LogP contribution in [0.15, 0.2) is 88.2 Å². The summed E-state index contributed by atoms with van der Waals surface area (Å²) in [5, 5.41) is 4.88. The molecule has 2 aliphatic rings. The van der Waals surface area contributed by atoms with E-state index in [9.17, 15) is 18.0 Å². The van der Waals surface area contributed by atoms with E-state index in [-0.39, 0.29) is 28.3 Å². The smallest absolute Gasteiger partial charge is 0.357 e. The number of benzene rings is 3. The minimum atomic E-state index is -4.13. The molecule has 11 heteroatoms. The average molecular weight is 573 g/mol. The first-order valence-electron chi connectivity index (χ1n) is 12.7. The van der Waals surface area contributed by atoms with E-state index in [4.69, 9.17) is 9.84 Å². The molecule has 4 aromatic rings. The van der Waals surface area contributed by atoms with E-state index in [1.54, 1.807) is 43.3 Å². The van der Waals surface area contributed by atoms with Crippen molar-refractivity contribution in [1.29, 1.82) is 0 Å². The molecule has 1 saturated heterocycles. The van der Waals surface area contributed by atoms with Gasteiger partial charge in [0, 0.05) is 11.1 Å². The standard InChI is InChI=1S/C29H24N4O5S2/c1-2-38-28(35)27-24-17-12-19-8-6-7-11-23(19)26(24)30-33(27)21-13-15-22(16-14-21)40(36,37)31-29-32(25(34)18-39-29)20-9-4-3-5-10-20/h3-11,13-16H,2,12,17-18H2,1H3/b31-29+. The molecule has 202 valence electrons. The minimum Gasteiger partial charge on any atom is -0.461 e. The van der Waals surface area contributed by atoms with Crippen LogP contribution < -0.4 is 4.90 Å². The first-order valence-corrected chi connectivity index (χ1v) is 15.1. The van der Waals surface area contributed by atoms with Crippen molar-refractivity contribution < 1.29 is 22.7 Å². The van der Waals surface area contributed by atoms with Crippen molar-refractivity contribution in [3.8, 4) is 16.9 Å². The van der Waals surface area contributed by atoms with Gasteiger partial charge in [0.05, 0.1) is 34.3 Å². The largest absolute Gasteiger partial charge is 0.461 e. The lowest BCUT2D eigenvalue weighted by atomic mass is 9.89. The highest BCUT2D eigenvalue weighted by atomic mass is 32.2. The van der Waals surface area contributed by atoms with Crippen LogP contribution in [0, 0.1) is 0 Å². The zero-order valence-electron chi connectivity index (χ0n) is 21.5. The molecule has 0 N–H and O–H groups in total. The molecule has 1 aliphatic carbocycles. The normalized spacial score (nSPS) is 15.7. The van der Waals surface area contributed by atoms with Gasteiger partial charge in [0.15, 0.2) is 10.9 Å². The third-order valence-corrected chi connectivity index (χ3v) is 9.05. The summed E-state index contributed by atoms with van der Waals surface area (Å²) in [5.74, 6) is -0.620. The molecule has 0 unspecified atom stereocenters. The van der Waals surface area contributed by atoms with Crippen molar-refractivity contribution in [2.24, 2.45) is 4.40 Å². The Labute approximate surface area is 235 Å². The van der Waals surface area contributed by atoms with Gasteiger partial charge in [-0.2, -0.15) is 13.5 Å². The number of aromatic nitrogens is 2. The van der Waals surface area contributed by atoms with Crippen molar-refractivity contribution in [3.05, 3.63) is 95.7 Å². The quantitative estimate of drug-likeness (QED) is 0.310. The van der Waals surface area contributed by atoms with Gasteiger partial charge in [-0.15, -0.1) is 4.40 Å². The third-order valence-electron chi connectivity index (χ3n) is 6.73. The predicted molar refractivity (Wildman–Crippen MR) is 153 cm³/mol. The number of esters is 1. The number of carbonyl (C=O) groups is 2. The molecule has 40 heavy (non-hydrogen) atoms. The maximum absolute atomic E-state index is 13.2. The lowest BCUT2D eigenvalue weighted by molar-refractivity contribution is -0.115. The topological polar surface area (TPSA) is 111 Å². The minimum absolute atomic E-state index is 0.0448. The molecule has 2 heterocycles. The fraction of sp³-hybridized carbons (Fsp3) is 0.172. The molecule has 0 radical (unpaired) electrons. The van der Waals surface area contributed by atoms with Crippen LogP contribution in [0.3, 0.4) is 0 Å². The zero-order valence-corrected chi connectivity index (χ0v) is 23.1. The summed E-state index contributed by atoms with van der Waals surface area (Å²) < 4.78 is 37.4. The van der Waals surface area contributed by atoms with Crippen molar-refractivity contribution >= 4 is 44.5 Å². The number of amides is 1. The number of sulfonamides is 1. The monoisotopic (exact) mass is 572 g/mol. The van der Waals surface area contributed by atoms with Gasteiger partial charge in [-0.25, -0.2) is 9.48 Å². The van der Waals surface area contributed by atoms with E-state index >= 15 is 0 Å². The maximum atomic E-state index is 13.2. The van der Waals surface area contributed by atoms with Crippen LogP contribution in [0.4, 0.5) is 5.69 Å². The summed E-state index contributed by atoms with van der Waals surface area (Å²) in [6.07, 6.45) is 1.41. The van der Waals surface area contributed by atoms with Crippen LogP contribution >= 0.6 is 11.8 Å². The molecule has 0 bridgehead atoms. The average Bonchev–Trinajstić information content (AvgIpc) is 3.54. The molecule has 3 aromatic carbocycles. The third kappa shape index (κ3) is 4.61. The number of fused-ring (bicyclic) bond motifs is 3. The highest BCUT2D eigenvalue weighted by Crippen LogP contribution is 2.36. The Kier molecular flexibility index (Phi) is 6.77. The highest BCUT2D eigenvalue weighted by molar-refractivity contribution is 8.16. The fourth-order valence-electron chi connectivity index (χ4n) is 4.90. The van der Waals surface area contributed by atoms with Crippen molar-refractivity contribution in [2.45, 2.75) is 24.7 Å². The summed E-state index contributed by atoms with van der Waals surface area (Å²) in [4.78, 5) is 26.8. The Hall–Kier alpha value is -4.22. The van der Waals surface area contributed by atoms with Crippen molar-refractivity contribution in [1.82, 2.24) is 9.78 Å². The number of nitrogens with zero attached hydrogens (tertiary/aromatic N) is 4. The SMILES string of the molecule is CCOC(=O)c1c2c(nn1-c1ccc(S(=O)(=O)/N=C3/SCC(=O)N3c3ccccc3)cc1)-c1ccccc1CC2. The van der Waals surface area contributed by atoms with E-state index in [1.165, 1.54) is 21.7 Å². The predicted octanol–water partition coefficient (Wildman–Crippen LogP) is 4.64. The molecule has 0 atom stereocenters. The summed E-state index contributed by atoms with van der Waals surface area (Å²) in [7, 11) is -4.13. The summed E-state index contributed by atoms with van der Waals surface area (Å²) in [6.45, 7) is 1.96. The van der Waals surface area contributed by atoms with Crippen LogP contribution in [0.2, 0.25) is 0 Å². The number of amidine groups is 1. The zero-order chi connectivity index (χ0) is 27.9. The summed E-state index contributed by atoms with van der Waals surface area (Å²) in [5.41, 5.74) is 5.05.